The number of hydrogen-bond acceptors (Lipinski definition) is 4. The fourth-order valence-corrected chi connectivity index (χ4v) is 6.91. The third-order valence-electron chi connectivity index (χ3n) is 7.99. The molecule has 0 aromatic heterocycles. The molecule has 1 aromatic carbocycles. The first-order valence-electron chi connectivity index (χ1n) is 10.6. The molecule has 6 atom stereocenters. The maximum absolute atomic E-state index is 11.8. The Balaban J connectivity index is 1.48. The fraction of sp³-hybridized carbons (Fsp3) is 0.500. The van der Waals surface area contributed by atoms with Gasteiger partial charge in [0.1, 0.15) is 23.6 Å². The van der Waals surface area contributed by atoms with E-state index < -0.39 is 11.7 Å². The molecule has 1 unspecified atom stereocenters. The van der Waals surface area contributed by atoms with Gasteiger partial charge in [0.25, 0.3) is 0 Å². The van der Waals surface area contributed by atoms with E-state index in [0.717, 1.165) is 35.2 Å². The van der Waals surface area contributed by atoms with Crippen molar-refractivity contribution in [3.63, 3.8) is 0 Å². The molecule has 5 aliphatic rings. The summed E-state index contributed by atoms with van der Waals surface area (Å²) in [6.45, 7) is 0.997. The molecule has 1 saturated carbocycles. The monoisotopic (exact) mass is 455 g/mol. The molecule has 3 aliphatic carbocycles. The molecule has 2 bridgehead atoms. The molecule has 0 amide bonds. The topological polar surface area (TPSA) is 52.9 Å². The predicted molar refractivity (Wildman–Crippen MR) is 114 cm³/mol. The lowest BCUT2D eigenvalue weighted by Crippen LogP contribution is -2.62. The molecule has 1 aromatic rings. The van der Waals surface area contributed by atoms with Gasteiger partial charge in [0, 0.05) is 40.3 Å². The zero-order valence-corrected chi connectivity index (χ0v) is 18.1. The number of piperidine rings is 1. The highest BCUT2D eigenvalue weighted by atomic mass is 79.9. The number of rotatable bonds is 2. The summed E-state index contributed by atoms with van der Waals surface area (Å²) in [5, 5.41) is 22.7. The van der Waals surface area contributed by atoms with Gasteiger partial charge in [-0.15, -0.1) is 0 Å². The Morgan fingerprint density at radius 1 is 1.24 bits per heavy atom. The van der Waals surface area contributed by atoms with Crippen LogP contribution in [0.4, 0.5) is 0 Å². The number of aliphatic hydroxyl groups is 2. The lowest BCUT2D eigenvalue weighted by molar-refractivity contribution is -0.102. The van der Waals surface area contributed by atoms with Crippen LogP contribution in [-0.2, 0) is 11.2 Å². The third kappa shape index (κ3) is 2.36. The molecule has 0 radical (unpaired) electrons. The molecule has 1 spiro atoms. The number of benzene rings is 1. The number of halogens is 1. The van der Waals surface area contributed by atoms with Crippen LogP contribution in [0.15, 0.2) is 63.9 Å². The van der Waals surface area contributed by atoms with Crippen LogP contribution in [0, 0.1) is 11.3 Å². The van der Waals surface area contributed by atoms with E-state index in [1.54, 1.807) is 0 Å². The van der Waals surface area contributed by atoms with Crippen LogP contribution < -0.4 is 0 Å². The van der Waals surface area contributed by atoms with Gasteiger partial charge in [-0.2, -0.15) is 0 Å². The zero-order chi connectivity index (χ0) is 20.0. The minimum absolute atomic E-state index is 0.209. The predicted octanol–water partition coefficient (Wildman–Crippen LogP) is 3.35. The number of nitrogens with zero attached hydrogens (tertiary/aromatic N) is 1. The van der Waals surface area contributed by atoms with E-state index in [0.29, 0.717) is 24.8 Å². The normalized spacial score (nSPS) is 42.4. The second-order valence-corrected chi connectivity index (χ2v) is 10.4. The number of aliphatic hydroxyl groups excluding tert-OH is 1. The smallest absolute Gasteiger partial charge is 0.138 e. The van der Waals surface area contributed by atoms with Crippen LogP contribution in [0.5, 0.6) is 0 Å². The maximum Gasteiger partial charge on any atom is 0.138 e. The van der Waals surface area contributed by atoms with Crippen LogP contribution in [0.2, 0.25) is 0 Å². The fourth-order valence-electron chi connectivity index (χ4n) is 6.65. The minimum Gasteiger partial charge on any atom is -0.487 e. The van der Waals surface area contributed by atoms with Gasteiger partial charge in [0.05, 0.1) is 0 Å². The molecule has 6 rings (SSSR count). The van der Waals surface area contributed by atoms with Crippen molar-refractivity contribution in [3.8, 4) is 0 Å². The Morgan fingerprint density at radius 3 is 2.83 bits per heavy atom. The Kier molecular flexibility index (Phi) is 3.84. The standard InChI is InChI=1S/C24H26BrNO3/c1-26-11-10-24-17-6-7-19(27)21(24)29-22-20(24)15(12-18(17)26)8-9-23(22,28)13-14-2-4-16(25)5-3-14/h2-8,17-19,21,27-28H,9-13H2,1H3/t17-,18+,19-,21-,23?,24-/m0/s1. The molecule has 152 valence electrons. The van der Waals surface area contributed by atoms with Crippen LogP contribution in [-0.4, -0.2) is 52.6 Å². The van der Waals surface area contributed by atoms with Gasteiger partial charge in [0.2, 0.25) is 0 Å². The second-order valence-electron chi connectivity index (χ2n) is 9.45. The first-order valence-corrected chi connectivity index (χ1v) is 11.4. The number of ether oxygens (including phenoxy) is 1. The summed E-state index contributed by atoms with van der Waals surface area (Å²) in [7, 11) is 2.21. The van der Waals surface area contributed by atoms with E-state index in [-0.39, 0.29) is 11.5 Å². The quantitative estimate of drug-likeness (QED) is 0.671. The highest BCUT2D eigenvalue weighted by Crippen LogP contribution is 2.66. The SMILES string of the molecule is CN1CC[C@]23C4=C5O[C@H]2[C@@H](O)C=C[C@H]3[C@H]1CC4=CCC5(O)Cc1ccc(Br)cc1. The molecular weight excluding hydrogens is 430 g/mol. The van der Waals surface area contributed by atoms with Crippen LogP contribution in [0.1, 0.15) is 24.8 Å². The summed E-state index contributed by atoms with van der Waals surface area (Å²) in [6.07, 6.45) is 8.50. The molecular formula is C24H26BrNO3. The van der Waals surface area contributed by atoms with Gasteiger partial charge in [-0.05, 0) is 49.7 Å². The Morgan fingerprint density at radius 2 is 2.03 bits per heavy atom. The van der Waals surface area contributed by atoms with Crippen LogP contribution in [0.25, 0.3) is 0 Å². The molecule has 5 heteroatoms. The van der Waals surface area contributed by atoms with Gasteiger partial charge in [-0.25, -0.2) is 0 Å². The van der Waals surface area contributed by atoms with Gasteiger partial charge < -0.3 is 19.8 Å². The first-order chi connectivity index (χ1) is 13.9. The lowest BCUT2D eigenvalue weighted by Gasteiger charge is -2.58. The average Bonchev–Trinajstić information content (AvgIpc) is 3.06. The highest BCUT2D eigenvalue weighted by molar-refractivity contribution is 9.10. The highest BCUT2D eigenvalue weighted by Gasteiger charge is 2.67. The van der Waals surface area contributed by atoms with E-state index >= 15 is 0 Å². The molecule has 2 fully saturated rings. The minimum atomic E-state index is -1.06. The van der Waals surface area contributed by atoms with Crippen molar-refractivity contribution in [1.29, 1.82) is 0 Å². The third-order valence-corrected chi connectivity index (χ3v) is 8.52. The summed E-state index contributed by atoms with van der Waals surface area (Å²) >= 11 is 3.49. The van der Waals surface area contributed by atoms with E-state index in [1.807, 2.05) is 18.2 Å². The Bertz CT molecular complexity index is 967. The van der Waals surface area contributed by atoms with Crippen molar-refractivity contribution in [1.82, 2.24) is 4.90 Å². The zero-order valence-electron chi connectivity index (χ0n) is 16.5. The molecule has 2 N–H and O–H groups in total. The number of hydrogen-bond donors (Lipinski definition) is 2. The lowest BCUT2D eigenvalue weighted by atomic mass is 9.51. The second kappa shape index (κ2) is 6.07. The molecule has 2 aliphatic heterocycles. The molecule has 2 heterocycles. The van der Waals surface area contributed by atoms with Gasteiger partial charge in [0.15, 0.2) is 0 Å². The molecule has 29 heavy (non-hydrogen) atoms. The van der Waals surface area contributed by atoms with Crippen molar-refractivity contribution in [2.45, 2.75) is 49.5 Å². The van der Waals surface area contributed by atoms with Crippen molar-refractivity contribution < 1.29 is 14.9 Å². The summed E-state index contributed by atoms with van der Waals surface area (Å²) < 4.78 is 7.58. The van der Waals surface area contributed by atoms with Crippen LogP contribution in [0.3, 0.4) is 0 Å². The van der Waals surface area contributed by atoms with Gasteiger partial charge in [-0.3, -0.25) is 0 Å². The van der Waals surface area contributed by atoms with Gasteiger partial charge in [-0.1, -0.05) is 46.3 Å². The first kappa shape index (κ1) is 18.4. The summed E-state index contributed by atoms with van der Waals surface area (Å²) in [5.41, 5.74) is 2.37. The van der Waals surface area contributed by atoms with E-state index in [9.17, 15) is 10.2 Å². The summed E-state index contributed by atoms with van der Waals surface area (Å²) in [5.74, 6) is 1.06. The van der Waals surface area contributed by atoms with Crippen molar-refractivity contribution >= 4 is 15.9 Å². The molecule has 1 saturated heterocycles. The average molecular weight is 456 g/mol. The van der Waals surface area contributed by atoms with Crippen molar-refractivity contribution in [3.05, 3.63) is 69.4 Å². The summed E-state index contributed by atoms with van der Waals surface area (Å²) in [6, 6.07) is 8.57. The summed E-state index contributed by atoms with van der Waals surface area (Å²) in [4.78, 5) is 2.47. The Labute approximate surface area is 179 Å². The van der Waals surface area contributed by atoms with Gasteiger partial charge >= 0.3 is 0 Å². The van der Waals surface area contributed by atoms with Crippen molar-refractivity contribution in [2.75, 3.05) is 13.6 Å². The number of likely N-dealkylation sites (tertiary alicyclic amines) is 1. The van der Waals surface area contributed by atoms with Crippen LogP contribution >= 0.6 is 15.9 Å². The van der Waals surface area contributed by atoms with E-state index in [1.165, 1.54) is 11.1 Å². The Hall–Kier alpha value is -1.40. The maximum atomic E-state index is 11.8. The van der Waals surface area contributed by atoms with E-state index in [4.69, 9.17) is 4.74 Å². The largest absolute Gasteiger partial charge is 0.487 e. The van der Waals surface area contributed by atoms with Crippen molar-refractivity contribution in [2.24, 2.45) is 11.3 Å². The molecule has 4 nitrogen and oxygen atoms in total. The van der Waals surface area contributed by atoms with E-state index in [2.05, 4.69) is 52.2 Å².